The number of amides is 1. The molecule has 0 aliphatic heterocycles. The lowest BCUT2D eigenvalue weighted by molar-refractivity contribution is 0.102. The van der Waals surface area contributed by atoms with Crippen LogP contribution < -0.4 is 10.1 Å². The first-order valence-electron chi connectivity index (χ1n) is 9.16. The minimum atomic E-state index is -0.364. The van der Waals surface area contributed by atoms with Crippen LogP contribution in [0.5, 0.6) is 5.75 Å². The summed E-state index contributed by atoms with van der Waals surface area (Å²) in [5.74, 6) is -0.00344. The molecule has 4 rings (SSSR count). The van der Waals surface area contributed by atoms with Crippen molar-refractivity contribution in [3.05, 3.63) is 93.4 Å². The van der Waals surface area contributed by atoms with Crippen LogP contribution >= 0.6 is 34.8 Å². The Kier molecular flexibility index (Phi) is 6.46. The number of carbonyl (C=O) groups is 1. The molecule has 0 spiro atoms. The fourth-order valence-electron chi connectivity index (χ4n) is 2.84. The largest absolute Gasteiger partial charge is 0.468 e. The first-order chi connectivity index (χ1) is 15.0. The van der Waals surface area contributed by atoms with Gasteiger partial charge in [-0.3, -0.25) is 9.48 Å². The normalized spacial score (nSPS) is 10.8. The molecule has 2 heterocycles. The summed E-state index contributed by atoms with van der Waals surface area (Å²) in [5, 5.41) is 12.7. The number of anilines is 1. The summed E-state index contributed by atoms with van der Waals surface area (Å²) in [6.45, 7) is 0.585. The third-order valence-corrected chi connectivity index (χ3v) is 5.09. The maximum atomic E-state index is 12.5. The van der Waals surface area contributed by atoms with Crippen molar-refractivity contribution >= 4 is 46.4 Å². The lowest BCUT2D eigenvalue weighted by Crippen LogP contribution is -2.14. The topological polar surface area (TPSA) is 74.0 Å². The first-order valence-corrected chi connectivity index (χ1v) is 10.3. The Hall–Kier alpha value is -3.00. The average Bonchev–Trinajstić information content (AvgIpc) is 3.37. The van der Waals surface area contributed by atoms with Crippen molar-refractivity contribution in [1.82, 2.24) is 19.6 Å². The molecule has 0 atom stereocenters. The minimum absolute atomic E-state index is 0.0499. The van der Waals surface area contributed by atoms with Gasteiger partial charge in [0.2, 0.25) is 0 Å². The van der Waals surface area contributed by atoms with Gasteiger partial charge in [-0.1, -0.05) is 53.0 Å². The average molecular weight is 477 g/mol. The third kappa shape index (κ3) is 5.38. The highest BCUT2D eigenvalue weighted by Crippen LogP contribution is 2.32. The molecule has 0 aliphatic rings. The Balaban J connectivity index is 1.35. The Morgan fingerprint density at radius 2 is 1.81 bits per heavy atom. The summed E-state index contributed by atoms with van der Waals surface area (Å²) >= 11 is 18.2. The number of ether oxygens (including phenoxy) is 1. The molecular formula is C21H16Cl3N5O2. The maximum absolute atomic E-state index is 12.5. The number of halogens is 3. The number of nitrogens with one attached hydrogen (secondary N) is 1. The van der Waals surface area contributed by atoms with E-state index in [1.54, 1.807) is 47.5 Å². The third-order valence-electron chi connectivity index (χ3n) is 4.26. The highest BCUT2D eigenvalue weighted by molar-refractivity contribution is 6.37. The van der Waals surface area contributed by atoms with Gasteiger partial charge < -0.3 is 10.1 Å². The highest BCUT2D eigenvalue weighted by Gasteiger charge is 2.12. The monoisotopic (exact) mass is 475 g/mol. The molecule has 10 heteroatoms. The zero-order valence-electron chi connectivity index (χ0n) is 16.0. The van der Waals surface area contributed by atoms with E-state index in [0.717, 1.165) is 5.56 Å². The summed E-state index contributed by atoms with van der Waals surface area (Å²) in [5.41, 5.74) is 1.79. The van der Waals surface area contributed by atoms with E-state index in [1.807, 2.05) is 24.3 Å². The molecule has 7 nitrogen and oxygen atoms in total. The predicted octanol–water partition coefficient (Wildman–Crippen LogP) is 5.38. The molecule has 31 heavy (non-hydrogen) atoms. The van der Waals surface area contributed by atoms with Crippen LogP contribution in [0.1, 0.15) is 16.1 Å². The summed E-state index contributed by atoms with van der Waals surface area (Å²) in [6.07, 6.45) is 4.93. The van der Waals surface area contributed by atoms with Crippen LogP contribution in [-0.2, 0) is 13.3 Å². The van der Waals surface area contributed by atoms with Gasteiger partial charge in [-0.2, -0.15) is 10.2 Å². The fraction of sp³-hybridized carbons (Fsp3) is 0.0952. The molecule has 1 N–H and O–H groups in total. The molecule has 0 saturated carbocycles. The van der Waals surface area contributed by atoms with Gasteiger partial charge >= 0.3 is 0 Å². The van der Waals surface area contributed by atoms with Gasteiger partial charge in [0.05, 0.1) is 28.5 Å². The van der Waals surface area contributed by atoms with Gasteiger partial charge in [0.15, 0.2) is 18.2 Å². The van der Waals surface area contributed by atoms with Crippen LogP contribution in [0.2, 0.25) is 15.1 Å². The van der Waals surface area contributed by atoms with Crippen molar-refractivity contribution in [2.75, 3.05) is 5.32 Å². The van der Waals surface area contributed by atoms with Crippen molar-refractivity contribution in [2.45, 2.75) is 13.3 Å². The number of nitrogens with zero attached hydrogens (tertiary/aromatic N) is 4. The van der Waals surface area contributed by atoms with Crippen LogP contribution in [0.15, 0.2) is 67.1 Å². The van der Waals surface area contributed by atoms with Gasteiger partial charge in [-0.05, 0) is 35.9 Å². The van der Waals surface area contributed by atoms with Crippen LogP contribution in [0.3, 0.4) is 0 Å². The zero-order chi connectivity index (χ0) is 21.8. The molecule has 158 valence electrons. The number of carbonyl (C=O) groups excluding carboxylic acids is 1. The summed E-state index contributed by atoms with van der Waals surface area (Å²) in [6, 6.07) is 14.2. The number of para-hydroxylation sites is 1. The van der Waals surface area contributed by atoms with Crippen LogP contribution in [-0.4, -0.2) is 25.5 Å². The Bertz CT molecular complexity index is 1200. The lowest BCUT2D eigenvalue weighted by atomic mass is 10.2. The van der Waals surface area contributed by atoms with Gasteiger partial charge in [-0.25, -0.2) is 4.68 Å². The van der Waals surface area contributed by atoms with Crippen LogP contribution in [0.4, 0.5) is 5.69 Å². The van der Waals surface area contributed by atoms with Gasteiger partial charge in [0.1, 0.15) is 0 Å². The van der Waals surface area contributed by atoms with Crippen LogP contribution in [0, 0.1) is 0 Å². The second-order valence-corrected chi connectivity index (χ2v) is 7.83. The number of rotatable bonds is 7. The second-order valence-electron chi connectivity index (χ2n) is 6.58. The van der Waals surface area contributed by atoms with Crippen LogP contribution in [0.25, 0.3) is 0 Å². The Morgan fingerprint density at radius 3 is 2.58 bits per heavy atom. The van der Waals surface area contributed by atoms with Crippen molar-refractivity contribution in [3.8, 4) is 5.75 Å². The van der Waals surface area contributed by atoms with E-state index in [-0.39, 0.29) is 18.3 Å². The van der Waals surface area contributed by atoms with Gasteiger partial charge in [-0.15, -0.1) is 0 Å². The summed E-state index contributed by atoms with van der Waals surface area (Å²) < 4.78 is 8.79. The SMILES string of the molecule is O=C(Nc1cnn(Cc2cccc(Cl)c2)c1)c1ccn(COc2c(Cl)cccc2Cl)n1. The smallest absolute Gasteiger partial charge is 0.276 e. The predicted molar refractivity (Wildman–Crippen MR) is 120 cm³/mol. The van der Waals surface area contributed by atoms with Crippen molar-refractivity contribution in [3.63, 3.8) is 0 Å². The standard InChI is InChI=1S/C21H16Cl3N5O2/c22-15-4-1-3-14(9-15)11-29-12-16(10-25-29)26-21(30)19-7-8-28(27-19)13-31-20-17(23)5-2-6-18(20)24/h1-10,12H,11,13H2,(H,26,30). The van der Waals surface area contributed by atoms with E-state index in [1.165, 1.54) is 4.68 Å². The molecule has 0 saturated heterocycles. The number of aromatic nitrogens is 4. The number of benzene rings is 2. The van der Waals surface area contributed by atoms with E-state index in [4.69, 9.17) is 39.5 Å². The number of hydrogen-bond donors (Lipinski definition) is 1. The fourth-order valence-corrected chi connectivity index (χ4v) is 3.56. The first kappa shape index (κ1) is 21.2. The minimum Gasteiger partial charge on any atom is -0.468 e. The molecule has 0 radical (unpaired) electrons. The van der Waals surface area contributed by atoms with E-state index < -0.39 is 0 Å². The summed E-state index contributed by atoms with van der Waals surface area (Å²) in [7, 11) is 0. The van der Waals surface area contributed by atoms with Crippen molar-refractivity contribution < 1.29 is 9.53 Å². The Morgan fingerprint density at radius 1 is 1.03 bits per heavy atom. The van der Waals surface area contributed by atoms with E-state index in [2.05, 4.69) is 15.5 Å². The highest BCUT2D eigenvalue weighted by atomic mass is 35.5. The van der Waals surface area contributed by atoms with Crippen molar-refractivity contribution in [2.24, 2.45) is 0 Å². The van der Waals surface area contributed by atoms with Crippen molar-refractivity contribution in [1.29, 1.82) is 0 Å². The molecule has 0 unspecified atom stereocenters. The molecule has 2 aromatic carbocycles. The molecule has 0 fully saturated rings. The Labute approximate surface area is 193 Å². The molecule has 1 amide bonds. The molecule has 0 aliphatic carbocycles. The van der Waals surface area contributed by atoms with E-state index in [0.29, 0.717) is 33.0 Å². The molecule has 2 aromatic heterocycles. The second kappa shape index (κ2) is 9.43. The molecule has 4 aromatic rings. The molecule has 0 bridgehead atoms. The zero-order valence-corrected chi connectivity index (χ0v) is 18.3. The summed E-state index contributed by atoms with van der Waals surface area (Å²) in [4.78, 5) is 12.5. The van der Waals surface area contributed by atoms with Gasteiger partial charge in [0.25, 0.3) is 5.91 Å². The molecular weight excluding hydrogens is 461 g/mol. The van der Waals surface area contributed by atoms with E-state index >= 15 is 0 Å². The maximum Gasteiger partial charge on any atom is 0.276 e. The van der Waals surface area contributed by atoms with E-state index in [9.17, 15) is 4.79 Å². The lowest BCUT2D eigenvalue weighted by Gasteiger charge is -2.09. The number of hydrogen-bond acceptors (Lipinski definition) is 4. The quantitative estimate of drug-likeness (QED) is 0.389. The van der Waals surface area contributed by atoms with Gasteiger partial charge in [0, 0.05) is 17.4 Å².